The van der Waals surface area contributed by atoms with Gasteiger partial charge in [0.25, 0.3) is 0 Å². The van der Waals surface area contributed by atoms with Gasteiger partial charge >= 0.3 is 0 Å². The average Bonchev–Trinajstić information content (AvgIpc) is 3.39. The highest BCUT2D eigenvalue weighted by atomic mass is 16.7. The predicted molar refractivity (Wildman–Crippen MR) is 113 cm³/mol. The Kier molecular flexibility index (Phi) is 4.85. The lowest BCUT2D eigenvalue weighted by atomic mass is 10.1. The zero-order chi connectivity index (χ0) is 20.3. The van der Waals surface area contributed by atoms with E-state index in [9.17, 15) is 4.79 Å². The molecule has 5 nitrogen and oxygen atoms in total. The number of amides is 1. The van der Waals surface area contributed by atoms with Gasteiger partial charge in [-0.15, -0.1) is 0 Å². The van der Waals surface area contributed by atoms with Gasteiger partial charge < -0.3 is 18.8 Å². The molecule has 0 spiro atoms. The Hall–Kier alpha value is -3.73. The quantitative estimate of drug-likeness (QED) is 0.461. The number of furan rings is 1. The molecule has 1 aliphatic heterocycles. The van der Waals surface area contributed by atoms with Crippen LogP contribution in [-0.2, 0) is 24.3 Å². The highest BCUT2D eigenvalue weighted by molar-refractivity contribution is 5.80. The van der Waals surface area contributed by atoms with E-state index in [-0.39, 0.29) is 19.1 Å². The third-order valence-corrected chi connectivity index (χ3v) is 5.18. The number of carbonyl (C=O) groups is 1. The van der Waals surface area contributed by atoms with Crippen molar-refractivity contribution in [3.05, 3.63) is 95.7 Å². The summed E-state index contributed by atoms with van der Waals surface area (Å²) >= 11 is 0. The fourth-order valence-corrected chi connectivity index (χ4v) is 3.68. The van der Waals surface area contributed by atoms with Crippen LogP contribution in [0.3, 0.4) is 0 Å². The molecule has 5 rings (SSSR count). The van der Waals surface area contributed by atoms with Gasteiger partial charge in [-0.25, -0.2) is 0 Å². The van der Waals surface area contributed by atoms with E-state index in [1.54, 1.807) is 0 Å². The topological polar surface area (TPSA) is 51.9 Å². The van der Waals surface area contributed by atoms with Gasteiger partial charge in [0.05, 0.1) is 13.0 Å². The molecule has 0 unspecified atom stereocenters. The Morgan fingerprint density at radius 2 is 1.60 bits per heavy atom. The van der Waals surface area contributed by atoms with Crippen LogP contribution in [0, 0.1) is 0 Å². The van der Waals surface area contributed by atoms with Gasteiger partial charge in [0.15, 0.2) is 11.5 Å². The van der Waals surface area contributed by atoms with Crippen molar-refractivity contribution in [2.45, 2.75) is 19.5 Å². The molecule has 0 bridgehead atoms. The van der Waals surface area contributed by atoms with Crippen LogP contribution in [0.2, 0.25) is 0 Å². The Morgan fingerprint density at radius 1 is 0.800 bits per heavy atom. The van der Waals surface area contributed by atoms with Crippen molar-refractivity contribution >= 4 is 16.9 Å². The lowest BCUT2D eigenvalue weighted by molar-refractivity contribution is -0.132. The maximum absolute atomic E-state index is 13.2. The van der Waals surface area contributed by atoms with Crippen LogP contribution in [0.1, 0.15) is 16.9 Å². The number of carbonyl (C=O) groups excluding carboxylic acids is 1. The largest absolute Gasteiger partial charge is 0.459 e. The maximum Gasteiger partial charge on any atom is 0.231 e. The first-order chi connectivity index (χ1) is 14.7. The van der Waals surface area contributed by atoms with Gasteiger partial charge in [-0.3, -0.25) is 4.79 Å². The highest BCUT2D eigenvalue weighted by Crippen LogP contribution is 2.32. The monoisotopic (exact) mass is 399 g/mol. The molecule has 30 heavy (non-hydrogen) atoms. The van der Waals surface area contributed by atoms with Gasteiger partial charge in [0.1, 0.15) is 11.3 Å². The lowest BCUT2D eigenvalue weighted by Crippen LogP contribution is -2.31. The summed E-state index contributed by atoms with van der Waals surface area (Å²) in [5.41, 5.74) is 2.80. The van der Waals surface area contributed by atoms with Crippen molar-refractivity contribution in [3.63, 3.8) is 0 Å². The van der Waals surface area contributed by atoms with Crippen LogP contribution in [0.4, 0.5) is 0 Å². The summed E-state index contributed by atoms with van der Waals surface area (Å²) in [4.78, 5) is 15.1. The second kappa shape index (κ2) is 7.95. The molecule has 3 aromatic carbocycles. The molecule has 0 fully saturated rings. The molecule has 2 heterocycles. The number of hydrogen-bond donors (Lipinski definition) is 0. The fourth-order valence-electron chi connectivity index (χ4n) is 3.68. The predicted octanol–water partition coefficient (Wildman–Crippen LogP) is 4.93. The van der Waals surface area contributed by atoms with E-state index < -0.39 is 0 Å². The molecule has 5 heteroatoms. The minimum absolute atomic E-state index is 0.0261. The summed E-state index contributed by atoms with van der Waals surface area (Å²) in [6, 6.07) is 25.5. The van der Waals surface area contributed by atoms with Gasteiger partial charge in [-0.05, 0) is 35.4 Å². The SMILES string of the molecule is O=C(Cc1ccc2c(c1)OCO2)N(Cc1ccccc1)Cc1cc2ccccc2o1. The van der Waals surface area contributed by atoms with E-state index in [0.717, 1.165) is 33.6 Å². The van der Waals surface area contributed by atoms with E-state index in [4.69, 9.17) is 13.9 Å². The number of benzene rings is 3. The van der Waals surface area contributed by atoms with Crippen LogP contribution in [0.15, 0.2) is 83.3 Å². The minimum atomic E-state index is 0.0261. The number of para-hydroxylation sites is 1. The van der Waals surface area contributed by atoms with Crippen LogP contribution in [0.5, 0.6) is 11.5 Å². The van der Waals surface area contributed by atoms with Gasteiger partial charge in [-0.2, -0.15) is 0 Å². The third kappa shape index (κ3) is 3.87. The Labute approximate surface area is 174 Å². The van der Waals surface area contributed by atoms with E-state index in [1.807, 2.05) is 83.8 Å². The van der Waals surface area contributed by atoms with Crippen molar-refractivity contribution in [2.75, 3.05) is 6.79 Å². The number of nitrogens with zero attached hydrogens (tertiary/aromatic N) is 1. The number of fused-ring (bicyclic) bond motifs is 2. The van der Waals surface area contributed by atoms with Crippen molar-refractivity contribution in [1.29, 1.82) is 0 Å². The van der Waals surface area contributed by atoms with E-state index in [2.05, 4.69) is 0 Å². The molecular formula is C25H21NO4. The Balaban J connectivity index is 1.38. The molecule has 1 aromatic heterocycles. The smallest absolute Gasteiger partial charge is 0.231 e. The molecule has 0 radical (unpaired) electrons. The van der Waals surface area contributed by atoms with E-state index in [0.29, 0.717) is 18.8 Å². The Morgan fingerprint density at radius 3 is 2.47 bits per heavy atom. The van der Waals surface area contributed by atoms with Crippen LogP contribution < -0.4 is 9.47 Å². The number of ether oxygens (including phenoxy) is 2. The molecule has 1 aliphatic rings. The van der Waals surface area contributed by atoms with Crippen LogP contribution in [-0.4, -0.2) is 17.6 Å². The first-order valence-electron chi connectivity index (χ1n) is 9.92. The normalized spacial score (nSPS) is 12.3. The summed E-state index contributed by atoms with van der Waals surface area (Å²) < 4.78 is 16.8. The summed E-state index contributed by atoms with van der Waals surface area (Å²) in [5, 5.41) is 1.04. The molecule has 150 valence electrons. The number of rotatable bonds is 6. The molecule has 4 aromatic rings. The molecule has 0 aliphatic carbocycles. The van der Waals surface area contributed by atoms with Crippen molar-refractivity contribution in [3.8, 4) is 11.5 Å². The molecule has 1 amide bonds. The van der Waals surface area contributed by atoms with Crippen molar-refractivity contribution in [1.82, 2.24) is 4.90 Å². The summed E-state index contributed by atoms with van der Waals surface area (Å²) in [6.45, 7) is 1.15. The van der Waals surface area contributed by atoms with Crippen molar-refractivity contribution in [2.24, 2.45) is 0 Å². The van der Waals surface area contributed by atoms with Gasteiger partial charge in [-0.1, -0.05) is 54.6 Å². The fraction of sp³-hybridized carbons (Fsp3) is 0.160. The van der Waals surface area contributed by atoms with E-state index in [1.165, 1.54) is 0 Å². The van der Waals surface area contributed by atoms with E-state index >= 15 is 0 Å². The second-order valence-corrected chi connectivity index (χ2v) is 7.35. The summed E-state index contributed by atoms with van der Waals surface area (Å²) in [6.07, 6.45) is 0.281. The third-order valence-electron chi connectivity index (χ3n) is 5.18. The van der Waals surface area contributed by atoms with Crippen molar-refractivity contribution < 1.29 is 18.7 Å². The molecule has 0 saturated carbocycles. The molecule has 0 saturated heterocycles. The maximum atomic E-state index is 13.2. The molecular weight excluding hydrogens is 378 g/mol. The highest BCUT2D eigenvalue weighted by Gasteiger charge is 2.19. The zero-order valence-corrected chi connectivity index (χ0v) is 16.4. The first kappa shape index (κ1) is 18.3. The summed E-state index contributed by atoms with van der Waals surface area (Å²) in [7, 11) is 0. The minimum Gasteiger partial charge on any atom is -0.459 e. The molecule has 0 atom stereocenters. The van der Waals surface area contributed by atoms with Crippen LogP contribution >= 0.6 is 0 Å². The first-order valence-corrected chi connectivity index (χ1v) is 9.92. The zero-order valence-electron chi connectivity index (χ0n) is 16.4. The second-order valence-electron chi connectivity index (χ2n) is 7.35. The average molecular weight is 399 g/mol. The van der Waals surface area contributed by atoms with Gasteiger partial charge in [0.2, 0.25) is 12.7 Å². The Bertz CT molecular complexity index is 1150. The number of hydrogen-bond acceptors (Lipinski definition) is 4. The molecule has 0 N–H and O–H groups in total. The summed E-state index contributed by atoms with van der Waals surface area (Å²) in [5.74, 6) is 2.20. The lowest BCUT2D eigenvalue weighted by Gasteiger charge is -2.22. The van der Waals surface area contributed by atoms with Gasteiger partial charge in [0, 0.05) is 11.9 Å². The van der Waals surface area contributed by atoms with Crippen LogP contribution in [0.25, 0.3) is 11.0 Å². The standard InChI is InChI=1S/C25H21NO4/c27-25(13-19-10-11-23-24(12-19)29-17-28-23)26(15-18-6-2-1-3-7-18)16-21-14-20-8-4-5-9-22(20)30-21/h1-12,14H,13,15-17H2.